The highest BCUT2D eigenvalue weighted by Gasteiger charge is 2.19. The Kier molecular flexibility index (Phi) is 8.70. The normalized spacial score (nSPS) is 11.0. The minimum Gasteiger partial charge on any atom is -0.379 e. The maximum absolute atomic E-state index is 12.1. The molecule has 2 aromatic rings. The molecule has 0 saturated carbocycles. The maximum atomic E-state index is 12.1. The number of carbonyl (C=O) groups excluding carboxylic acids is 2. The van der Waals surface area contributed by atoms with Crippen LogP contribution in [0.5, 0.6) is 0 Å². The third-order valence-corrected chi connectivity index (χ3v) is 5.19. The Balaban J connectivity index is 1.83. The van der Waals surface area contributed by atoms with Gasteiger partial charge in [0.1, 0.15) is 5.69 Å². The Labute approximate surface area is 191 Å². The molecule has 13 heteroatoms. The number of nitro groups is 1. The number of hydrogen-bond acceptors (Lipinski definition) is 7. The summed E-state index contributed by atoms with van der Waals surface area (Å²) in [6.07, 6.45) is 0.0309. The van der Waals surface area contributed by atoms with Gasteiger partial charge in [0.2, 0.25) is 15.9 Å². The SMILES string of the molecule is CC(C)NC(=O)Nc1ccc(CNC(=O)CCNc2ccc(S(N)(=O)=O)cc2[N+](=O)[O-])cc1. The van der Waals surface area contributed by atoms with Crippen molar-refractivity contribution in [1.29, 1.82) is 0 Å². The van der Waals surface area contributed by atoms with Crippen LogP contribution in [0.3, 0.4) is 0 Å². The van der Waals surface area contributed by atoms with E-state index >= 15 is 0 Å². The van der Waals surface area contributed by atoms with Crippen molar-refractivity contribution in [3.05, 3.63) is 58.1 Å². The van der Waals surface area contributed by atoms with Gasteiger partial charge in [-0.15, -0.1) is 0 Å². The van der Waals surface area contributed by atoms with Gasteiger partial charge in [-0.1, -0.05) is 12.1 Å². The zero-order valence-corrected chi connectivity index (χ0v) is 18.9. The minimum atomic E-state index is -4.08. The van der Waals surface area contributed by atoms with Crippen molar-refractivity contribution in [2.45, 2.75) is 37.8 Å². The largest absolute Gasteiger partial charge is 0.379 e. The monoisotopic (exact) mass is 478 g/mol. The molecule has 0 saturated heterocycles. The Morgan fingerprint density at radius 1 is 1.12 bits per heavy atom. The number of benzene rings is 2. The molecular weight excluding hydrogens is 452 g/mol. The van der Waals surface area contributed by atoms with Crippen LogP contribution in [0.1, 0.15) is 25.8 Å². The van der Waals surface area contributed by atoms with E-state index in [-0.39, 0.29) is 48.1 Å². The number of sulfonamides is 1. The van der Waals surface area contributed by atoms with E-state index in [0.717, 1.165) is 17.7 Å². The zero-order chi connectivity index (χ0) is 24.6. The quantitative estimate of drug-likeness (QED) is 0.255. The van der Waals surface area contributed by atoms with Gasteiger partial charge >= 0.3 is 6.03 Å². The first-order chi connectivity index (χ1) is 15.5. The molecule has 0 atom stereocenters. The van der Waals surface area contributed by atoms with E-state index in [9.17, 15) is 28.1 Å². The molecule has 0 bridgehead atoms. The number of hydrogen-bond donors (Lipinski definition) is 5. The second kappa shape index (κ2) is 11.2. The molecule has 0 aliphatic carbocycles. The van der Waals surface area contributed by atoms with Crippen molar-refractivity contribution in [2.24, 2.45) is 5.14 Å². The van der Waals surface area contributed by atoms with Crippen molar-refractivity contribution < 1.29 is 22.9 Å². The van der Waals surface area contributed by atoms with Gasteiger partial charge in [-0.05, 0) is 43.7 Å². The number of nitrogens with one attached hydrogen (secondary N) is 4. The number of nitrogens with two attached hydrogens (primary N) is 1. The molecular formula is C20H26N6O6S. The van der Waals surface area contributed by atoms with E-state index in [1.807, 2.05) is 13.8 Å². The van der Waals surface area contributed by atoms with E-state index in [1.165, 1.54) is 6.07 Å². The van der Waals surface area contributed by atoms with Crippen LogP contribution in [0, 0.1) is 10.1 Å². The van der Waals surface area contributed by atoms with Crippen LogP contribution < -0.4 is 26.4 Å². The smallest absolute Gasteiger partial charge is 0.319 e. The van der Waals surface area contributed by atoms with Crippen molar-refractivity contribution >= 4 is 39.0 Å². The summed E-state index contributed by atoms with van der Waals surface area (Å²) in [5, 5.41) is 27.1. The van der Waals surface area contributed by atoms with Gasteiger partial charge in [-0.25, -0.2) is 18.4 Å². The molecule has 12 nitrogen and oxygen atoms in total. The predicted molar refractivity (Wildman–Crippen MR) is 123 cm³/mol. The van der Waals surface area contributed by atoms with Crippen molar-refractivity contribution in [2.75, 3.05) is 17.2 Å². The highest BCUT2D eigenvalue weighted by atomic mass is 32.2. The van der Waals surface area contributed by atoms with E-state index in [2.05, 4.69) is 21.3 Å². The third-order valence-electron chi connectivity index (χ3n) is 4.28. The van der Waals surface area contributed by atoms with Gasteiger partial charge < -0.3 is 21.3 Å². The number of nitrogens with zero attached hydrogens (tertiary/aromatic N) is 1. The summed E-state index contributed by atoms with van der Waals surface area (Å²) in [4.78, 5) is 33.9. The van der Waals surface area contributed by atoms with Gasteiger partial charge in [-0.2, -0.15) is 0 Å². The van der Waals surface area contributed by atoms with Crippen molar-refractivity contribution in [3.63, 3.8) is 0 Å². The highest BCUT2D eigenvalue weighted by molar-refractivity contribution is 7.89. The van der Waals surface area contributed by atoms with Crippen LogP contribution in [0.25, 0.3) is 0 Å². The Hall–Kier alpha value is -3.71. The zero-order valence-electron chi connectivity index (χ0n) is 18.1. The summed E-state index contributed by atoms with van der Waals surface area (Å²) >= 11 is 0. The lowest BCUT2D eigenvalue weighted by molar-refractivity contribution is -0.384. The Bertz CT molecular complexity index is 1120. The van der Waals surface area contributed by atoms with Gasteiger partial charge in [0.05, 0.1) is 9.82 Å². The number of carbonyl (C=O) groups is 2. The first kappa shape index (κ1) is 25.5. The fourth-order valence-electron chi connectivity index (χ4n) is 2.72. The second-order valence-corrected chi connectivity index (χ2v) is 8.95. The summed E-state index contributed by atoms with van der Waals surface area (Å²) in [5.41, 5.74) is 1.05. The van der Waals surface area contributed by atoms with E-state index in [4.69, 9.17) is 5.14 Å². The molecule has 2 aromatic carbocycles. The fourth-order valence-corrected chi connectivity index (χ4v) is 3.26. The van der Waals surface area contributed by atoms with Crippen molar-refractivity contribution in [1.82, 2.24) is 10.6 Å². The van der Waals surface area contributed by atoms with Crippen LogP contribution in [0.4, 0.5) is 21.9 Å². The Morgan fingerprint density at radius 3 is 2.36 bits per heavy atom. The number of primary sulfonamides is 1. The highest BCUT2D eigenvalue weighted by Crippen LogP contribution is 2.27. The average Bonchev–Trinajstić information content (AvgIpc) is 2.72. The molecule has 0 spiro atoms. The van der Waals surface area contributed by atoms with Crippen molar-refractivity contribution in [3.8, 4) is 0 Å². The van der Waals surface area contributed by atoms with Gasteiger partial charge in [0.25, 0.3) is 5.69 Å². The molecule has 2 rings (SSSR count). The number of nitro benzene ring substituents is 1. The summed E-state index contributed by atoms with van der Waals surface area (Å²) in [6.45, 7) is 4.06. The Morgan fingerprint density at radius 2 is 1.79 bits per heavy atom. The standard InChI is InChI=1S/C20H26N6O6S/c1-13(2)24-20(28)25-15-5-3-14(4-6-15)12-23-19(27)9-10-22-17-8-7-16(33(21,31)32)11-18(17)26(29)30/h3-8,11,13,22H,9-10,12H2,1-2H3,(H,23,27)(H2,21,31,32)(H2,24,25,28). The molecule has 6 N–H and O–H groups in total. The lowest BCUT2D eigenvalue weighted by Crippen LogP contribution is -2.34. The molecule has 33 heavy (non-hydrogen) atoms. The summed E-state index contributed by atoms with van der Waals surface area (Å²) in [7, 11) is -4.08. The first-order valence-electron chi connectivity index (χ1n) is 9.94. The second-order valence-electron chi connectivity index (χ2n) is 7.38. The van der Waals surface area contributed by atoms with Crippen LogP contribution in [-0.4, -0.2) is 37.9 Å². The minimum absolute atomic E-state index is 0.0153. The van der Waals surface area contributed by atoms with E-state index in [1.54, 1.807) is 24.3 Å². The molecule has 3 amide bonds. The topological polar surface area (TPSA) is 186 Å². The van der Waals surface area contributed by atoms with Crippen LogP contribution in [0.15, 0.2) is 47.4 Å². The van der Waals surface area contributed by atoms with E-state index < -0.39 is 20.6 Å². The average molecular weight is 479 g/mol. The van der Waals surface area contributed by atoms with Gasteiger partial charge in [-0.3, -0.25) is 14.9 Å². The number of urea groups is 1. The fraction of sp³-hybridized carbons (Fsp3) is 0.300. The summed E-state index contributed by atoms with van der Waals surface area (Å²) < 4.78 is 22.8. The molecule has 0 aromatic heterocycles. The molecule has 0 aliphatic rings. The molecule has 0 unspecified atom stereocenters. The lowest BCUT2D eigenvalue weighted by atomic mass is 10.2. The van der Waals surface area contributed by atoms with Crippen LogP contribution in [-0.2, 0) is 21.4 Å². The summed E-state index contributed by atoms with van der Waals surface area (Å²) in [5.74, 6) is -0.287. The third kappa shape index (κ3) is 8.38. The maximum Gasteiger partial charge on any atom is 0.319 e. The molecule has 0 radical (unpaired) electrons. The van der Waals surface area contributed by atoms with Gasteiger partial charge in [0, 0.05) is 37.3 Å². The number of amides is 3. The van der Waals surface area contributed by atoms with Crippen LogP contribution >= 0.6 is 0 Å². The van der Waals surface area contributed by atoms with Crippen LogP contribution in [0.2, 0.25) is 0 Å². The van der Waals surface area contributed by atoms with E-state index in [0.29, 0.717) is 5.69 Å². The predicted octanol–water partition coefficient (Wildman–Crippen LogP) is 1.89. The first-order valence-corrected chi connectivity index (χ1v) is 11.5. The molecule has 178 valence electrons. The van der Waals surface area contributed by atoms with Gasteiger partial charge in [0.15, 0.2) is 0 Å². The summed E-state index contributed by atoms with van der Waals surface area (Å²) in [6, 6.07) is 9.91. The number of anilines is 2. The molecule has 0 heterocycles. The lowest BCUT2D eigenvalue weighted by Gasteiger charge is -2.11. The number of rotatable bonds is 10. The molecule has 0 aliphatic heterocycles. The molecule has 0 fully saturated rings.